The Morgan fingerprint density at radius 3 is 1.75 bits per heavy atom. The molecule has 0 aromatic carbocycles. The first kappa shape index (κ1) is 17.3. The van der Waals surface area contributed by atoms with Gasteiger partial charge in [0.15, 0.2) is 0 Å². The second kappa shape index (κ2) is 13.9. The molecule has 0 aromatic heterocycles. The van der Waals surface area contributed by atoms with Crippen molar-refractivity contribution in [2.45, 2.75) is 53.4 Å². The zero-order chi connectivity index (χ0) is 12.8. The van der Waals surface area contributed by atoms with Crippen LogP contribution in [0.25, 0.3) is 0 Å². The molecule has 0 aliphatic heterocycles. The highest BCUT2D eigenvalue weighted by atomic mass is 16.5. The average molecular weight is 232 g/mol. The summed E-state index contributed by atoms with van der Waals surface area (Å²) in [5.41, 5.74) is 0. The van der Waals surface area contributed by atoms with E-state index in [2.05, 4.69) is 11.7 Å². The first-order chi connectivity index (χ1) is 7.54. The lowest BCUT2D eigenvalue weighted by atomic mass is 10.2. The van der Waals surface area contributed by atoms with Gasteiger partial charge in [0.1, 0.15) is 0 Å². The molecule has 0 aliphatic carbocycles. The minimum Gasteiger partial charge on any atom is -0.466 e. The van der Waals surface area contributed by atoms with Crippen molar-refractivity contribution in [3.05, 3.63) is 0 Å². The van der Waals surface area contributed by atoms with E-state index in [-0.39, 0.29) is 11.9 Å². The summed E-state index contributed by atoms with van der Waals surface area (Å²) in [6.45, 7) is 7.85. The minimum absolute atomic E-state index is 0.170. The number of carbonyl (C=O) groups is 2. The van der Waals surface area contributed by atoms with E-state index in [9.17, 15) is 9.59 Å². The maximum atomic E-state index is 10.3. The molecule has 0 aromatic rings. The van der Waals surface area contributed by atoms with Gasteiger partial charge in [0.05, 0.1) is 13.2 Å². The average Bonchev–Trinajstić information content (AvgIpc) is 2.17. The Morgan fingerprint density at radius 1 is 0.875 bits per heavy atom. The van der Waals surface area contributed by atoms with Gasteiger partial charge in [0, 0.05) is 13.8 Å². The van der Waals surface area contributed by atoms with Crippen LogP contribution in [0.4, 0.5) is 0 Å². The zero-order valence-electron chi connectivity index (χ0n) is 10.9. The van der Waals surface area contributed by atoms with E-state index >= 15 is 0 Å². The van der Waals surface area contributed by atoms with Crippen LogP contribution in [-0.2, 0) is 19.1 Å². The van der Waals surface area contributed by atoms with Crippen molar-refractivity contribution in [2.75, 3.05) is 13.2 Å². The lowest BCUT2D eigenvalue weighted by molar-refractivity contribution is -0.141. The van der Waals surface area contributed by atoms with Gasteiger partial charge in [0.25, 0.3) is 0 Å². The molecule has 16 heavy (non-hydrogen) atoms. The standard InChI is InChI=1S/C8H16O2.C4H8O2/c1-3-4-5-6-7-10-8(2)9;1-3-6-4(2)5/h3-7H2,1-2H3;3H2,1-2H3. The van der Waals surface area contributed by atoms with Crippen molar-refractivity contribution < 1.29 is 19.1 Å². The SMILES string of the molecule is CCCCCCOC(C)=O.CCOC(C)=O. The normalized spacial score (nSPS) is 8.75. The summed E-state index contributed by atoms with van der Waals surface area (Å²) in [5, 5.41) is 0. The van der Waals surface area contributed by atoms with Gasteiger partial charge in [-0.15, -0.1) is 0 Å². The van der Waals surface area contributed by atoms with E-state index in [0.717, 1.165) is 6.42 Å². The van der Waals surface area contributed by atoms with Crippen molar-refractivity contribution in [3.63, 3.8) is 0 Å². The molecule has 96 valence electrons. The van der Waals surface area contributed by atoms with Crippen molar-refractivity contribution in [1.29, 1.82) is 0 Å². The van der Waals surface area contributed by atoms with Gasteiger partial charge in [-0.3, -0.25) is 9.59 Å². The van der Waals surface area contributed by atoms with Crippen LogP contribution in [0.2, 0.25) is 0 Å². The fraction of sp³-hybridized carbons (Fsp3) is 0.833. The van der Waals surface area contributed by atoms with Crippen LogP contribution in [0.15, 0.2) is 0 Å². The molecule has 0 radical (unpaired) electrons. The molecule has 0 atom stereocenters. The monoisotopic (exact) mass is 232 g/mol. The molecule has 4 heteroatoms. The summed E-state index contributed by atoms with van der Waals surface area (Å²) in [5.74, 6) is -0.381. The fourth-order valence-corrected chi connectivity index (χ4v) is 0.948. The molecular weight excluding hydrogens is 208 g/mol. The Balaban J connectivity index is 0. The van der Waals surface area contributed by atoms with Crippen molar-refractivity contribution in [1.82, 2.24) is 0 Å². The summed E-state index contributed by atoms with van der Waals surface area (Å²) in [6, 6.07) is 0. The van der Waals surface area contributed by atoms with Gasteiger partial charge < -0.3 is 9.47 Å². The highest BCUT2D eigenvalue weighted by Crippen LogP contribution is 1.98. The Kier molecular flexibility index (Phi) is 15.1. The third-order valence-corrected chi connectivity index (χ3v) is 1.65. The van der Waals surface area contributed by atoms with Gasteiger partial charge in [-0.1, -0.05) is 26.2 Å². The number of rotatable bonds is 6. The predicted molar refractivity (Wildman–Crippen MR) is 63.1 cm³/mol. The van der Waals surface area contributed by atoms with Gasteiger partial charge >= 0.3 is 11.9 Å². The first-order valence-electron chi connectivity index (χ1n) is 5.81. The molecule has 0 heterocycles. The third kappa shape index (κ3) is 23.1. The van der Waals surface area contributed by atoms with Crippen LogP contribution in [0.5, 0.6) is 0 Å². The Labute approximate surface area is 98.3 Å². The van der Waals surface area contributed by atoms with Crippen molar-refractivity contribution in [2.24, 2.45) is 0 Å². The van der Waals surface area contributed by atoms with Crippen LogP contribution in [0, 0.1) is 0 Å². The van der Waals surface area contributed by atoms with Gasteiger partial charge in [-0.2, -0.15) is 0 Å². The molecule has 0 amide bonds. The third-order valence-electron chi connectivity index (χ3n) is 1.65. The van der Waals surface area contributed by atoms with Gasteiger partial charge in [-0.05, 0) is 13.3 Å². The van der Waals surface area contributed by atoms with Gasteiger partial charge in [-0.25, -0.2) is 0 Å². The van der Waals surface area contributed by atoms with Crippen LogP contribution < -0.4 is 0 Å². The maximum Gasteiger partial charge on any atom is 0.302 e. The molecular formula is C12H24O4. The molecule has 0 saturated heterocycles. The van der Waals surface area contributed by atoms with Crippen molar-refractivity contribution in [3.8, 4) is 0 Å². The number of unbranched alkanes of at least 4 members (excludes halogenated alkanes) is 3. The predicted octanol–water partition coefficient (Wildman–Crippen LogP) is 2.70. The molecule has 0 aliphatic rings. The zero-order valence-corrected chi connectivity index (χ0v) is 10.9. The molecule has 0 N–H and O–H groups in total. The van der Waals surface area contributed by atoms with Gasteiger partial charge in [0.2, 0.25) is 0 Å². The van der Waals surface area contributed by atoms with Crippen LogP contribution in [0.1, 0.15) is 53.4 Å². The van der Waals surface area contributed by atoms with E-state index in [1.54, 1.807) is 6.92 Å². The first-order valence-corrected chi connectivity index (χ1v) is 5.81. The second-order valence-electron chi connectivity index (χ2n) is 3.33. The Bertz CT molecular complexity index is 178. The number of carbonyl (C=O) groups excluding carboxylic acids is 2. The van der Waals surface area contributed by atoms with Crippen molar-refractivity contribution >= 4 is 11.9 Å². The molecule has 0 saturated carbocycles. The molecule has 0 rings (SSSR count). The fourth-order valence-electron chi connectivity index (χ4n) is 0.948. The van der Waals surface area contributed by atoms with E-state index in [1.807, 2.05) is 0 Å². The largest absolute Gasteiger partial charge is 0.466 e. The smallest absolute Gasteiger partial charge is 0.302 e. The Morgan fingerprint density at radius 2 is 1.44 bits per heavy atom. The summed E-state index contributed by atoms with van der Waals surface area (Å²) >= 11 is 0. The summed E-state index contributed by atoms with van der Waals surface area (Å²) in [6.07, 6.45) is 4.64. The number of esters is 2. The van der Waals surface area contributed by atoms with Crippen LogP contribution >= 0.6 is 0 Å². The molecule has 4 nitrogen and oxygen atoms in total. The summed E-state index contributed by atoms with van der Waals surface area (Å²) in [7, 11) is 0. The number of hydrogen-bond donors (Lipinski definition) is 0. The topological polar surface area (TPSA) is 52.6 Å². The lowest BCUT2D eigenvalue weighted by Gasteiger charge is -1.99. The highest BCUT2D eigenvalue weighted by Gasteiger charge is 1.91. The minimum atomic E-state index is -0.211. The molecule has 0 unspecified atom stereocenters. The highest BCUT2D eigenvalue weighted by molar-refractivity contribution is 5.66. The summed E-state index contributed by atoms with van der Waals surface area (Å²) in [4.78, 5) is 20.1. The molecule has 0 bridgehead atoms. The quantitative estimate of drug-likeness (QED) is 0.522. The lowest BCUT2D eigenvalue weighted by Crippen LogP contribution is -1.99. The maximum absolute atomic E-state index is 10.3. The molecule has 0 spiro atoms. The molecule has 0 fully saturated rings. The van der Waals surface area contributed by atoms with E-state index in [4.69, 9.17) is 4.74 Å². The number of hydrogen-bond acceptors (Lipinski definition) is 4. The van der Waals surface area contributed by atoms with E-state index in [1.165, 1.54) is 33.1 Å². The summed E-state index contributed by atoms with van der Waals surface area (Å²) < 4.78 is 9.15. The Hall–Kier alpha value is -1.06. The van der Waals surface area contributed by atoms with Crippen LogP contribution in [0.3, 0.4) is 0 Å². The van der Waals surface area contributed by atoms with Crippen LogP contribution in [-0.4, -0.2) is 25.2 Å². The van der Waals surface area contributed by atoms with E-state index in [0.29, 0.717) is 13.2 Å². The number of ether oxygens (including phenoxy) is 2. The van der Waals surface area contributed by atoms with E-state index < -0.39 is 0 Å². The second-order valence-corrected chi connectivity index (χ2v) is 3.33.